The number of halogens is 3. The molecule has 7 nitrogen and oxygen atoms in total. The van der Waals surface area contributed by atoms with Gasteiger partial charge >= 0.3 is 6.18 Å². The molecule has 2 aromatic heterocycles. The number of anilines is 2. The third-order valence-electron chi connectivity index (χ3n) is 5.39. The number of rotatable bonds is 4. The fraction of sp³-hybridized carbons (Fsp3) is 0.611. The van der Waals surface area contributed by atoms with E-state index in [9.17, 15) is 13.2 Å². The molecule has 2 saturated heterocycles. The van der Waals surface area contributed by atoms with Gasteiger partial charge in [0.15, 0.2) is 5.69 Å². The Hall–Kier alpha value is -2.20. The number of piperidine rings is 1. The van der Waals surface area contributed by atoms with Crippen LogP contribution in [0.5, 0.6) is 0 Å². The van der Waals surface area contributed by atoms with E-state index in [2.05, 4.69) is 25.3 Å². The summed E-state index contributed by atoms with van der Waals surface area (Å²) in [5.41, 5.74) is -1.06. The van der Waals surface area contributed by atoms with Crippen molar-refractivity contribution >= 4 is 11.6 Å². The van der Waals surface area contributed by atoms with Gasteiger partial charge in [-0.05, 0) is 31.7 Å². The number of hydrogen-bond donors (Lipinski definition) is 1. The Kier molecular flexibility index (Phi) is 5.49. The van der Waals surface area contributed by atoms with Crippen LogP contribution in [0.2, 0.25) is 0 Å². The second kappa shape index (κ2) is 8.04. The number of nitrogens with zero attached hydrogens (tertiary/aromatic N) is 5. The van der Waals surface area contributed by atoms with Gasteiger partial charge < -0.3 is 15.0 Å². The Morgan fingerprint density at radius 2 is 1.68 bits per heavy atom. The van der Waals surface area contributed by atoms with Crippen LogP contribution < -0.4 is 5.32 Å². The first kappa shape index (κ1) is 19.1. The average molecular weight is 396 g/mol. The van der Waals surface area contributed by atoms with Crippen molar-refractivity contribution in [1.82, 2.24) is 24.6 Å². The van der Waals surface area contributed by atoms with Gasteiger partial charge in [-0.1, -0.05) is 0 Å². The maximum absolute atomic E-state index is 13.5. The van der Waals surface area contributed by atoms with E-state index in [1.165, 1.54) is 23.3 Å². The summed E-state index contributed by atoms with van der Waals surface area (Å²) < 4.78 is 47.2. The van der Waals surface area contributed by atoms with Gasteiger partial charge in [0.2, 0.25) is 5.95 Å². The smallest absolute Gasteiger partial charge is 0.381 e. The number of aromatic nitrogens is 4. The molecule has 0 atom stereocenters. The van der Waals surface area contributed by atoms with Crippen LogP contribution in [-0.4, -0.2) is 57.0 Å². The van der Waals surface area contributed by atoms with Crippen LogP contribution in [0, 0.1) is 0 Å². The van der Waals surface area contributed by atoms with Gasteiger partial charge in [-0.25, -0.2) is 9.97 Å². The van der Waals surface area contributed by atoms with E-state index in [-0.39, 0.29) is 17.7 Å². The lowest BCUT2D eigenvalue weighted by Crippen LogP contribution is -2.44. The Bertz CT molecular complexity index is 767. The van der Waals surface area contributed by atoms with E-state index >= 15 is 0 Å². The summed E-state index contributed by atoms with van der Waals surface area (Å²) in [5, 5.41) is 6.52. The summed E-state index contributed by atoms with van der Waals surface area (Å²) in [5.74, 6) is 0.113. The van der Waals surface area contributed by atoms with Crippen molar-refractivity contribution in [3.8, 4) is 0 Å². The zero-order chi connectivity index (χ0) is 19.6. The van der Waals surface area contributed by atoms with Crippen molar-refractivity contribution in [1.29, 1.82) is 0 Å². The Labute approximate surface area is 160 Å². The van der Waals surface area contributed by atoms with E-state index < -0.39 is 11.9 Å². The van der Waals surface area contributed by atoms with Crippen molar-refractivity contribution in [3.63, 3.8) is 0 Å². The largest absolute Gasteiger partial charge is 0.437 e. The SMILES string of the molecule is FC(F)(F)c1nn(C2CCN(C3CCOCC3)CC2)cc1Nc1ncccn1. The molecule has 4 rings (SSSR count). The Balaban J connectivity index is 1.47. The Morgan fingerprint density at radius 3 is 2.32 bits per heavy atom. The average Bonchev–Trinajstić information content (AvgIpc) is 3.14. The summed E-state index contributed by atoms with van der Waals surface area (Å²) in [4.78, 5) is 10.3. The zero-order valence-electron chi connectivity index (χ0n) is 15.4. The van der Waals surface area contributed by atoms with E-state index in [4.69, 9.17) is 4.74 Å². The first-order chi connectivity index (χ1) is 13.5. The van der Waals surface area contributed by atoms with Gasteiger partial charge in [-0.3, -0.25) is 4.68 Å². The maximum Gasteiger partial charge on any atom is 0.437 e. The van der Waals surface area contributed by atoms with Gasteiger partial charge in [0.05, 0.1) is 11.7 Å². The summed E-state index contributed by atoms with van der Waals surface area (Å²) in [7, 11) is 0. The lowest BCUT2D eigenvalue weighted by Gasteiger charge is -2.39. The number of alkyl halides is 3. The molecule has 4 heterocycles. The quantitative estimate of drug-likeness (QED) is 0.856. The molecule has 0 amide bonds. The standard InChI is InChI=1S/C18H23F3N6O/c19-18(20,21)16-15(24-17-22-6-1-7-23-17)12-27(25-16)14-2-8-26(9-3-14)13-4-10-28-11-5-13/h1,6-7,12-14H,2-5,8-11H2,(H,22,23,24). The highest BCUT2D eigenvalue weighted by Crippen LogP contribution is 2.36. The summed E-state index contributed by atoms with van der Waals surface area (Å²) in [6, 6.07) is 2.07. The molecule has 2 fully saturated rings. The first-order valence-electron chi connectivity index (χ1n) is 9.53. The molecule has 2 aromatic rings. The third-order valence-corrected chi connectivity index (χ3v) is 5.39. The highest BCUT2D eigenvalue weighted by Gasteiger charge is 2.39. The van der Waals surface area contributed by atoms with E-state index in [0.29, 0.717) is 6.04 Å². The number of nitrogens with one attached hydrogen (secondary N) is 1. The van der Waals surface area contributed by atoms with Crippen molar-refractivity contribution in [2.75, 3.05) is 31.6 Å². The van der Waals surface area contributed by atoms with Gasteiger partial charge in [-0.2, -0.15) is 18.3 Å². The molecule has 28 heavy (non-hydrogen) atoms. The minimum atomic E-state index is -4.55. The monoisotopic (exact) mass is 396 g/mol. The lowest BCUT2D eigenvalue weighted by molar-refractivity contribution is -0.141. The topological polar surface area (TPSA) is 68.1 Å². The summed E-state index contributed by atoms with van der Waals surface area (Å²) in [6.07, 6.45) is 3.41. The van der Waals surface area contributed by atoms with Crippen molar-refractivity contribution in [2.24, 2.45) is 0 Å². The fourth-order valence-corrected chi connectivity index (χ4v) is 3.93. The third kappa shape index (κ3) is 4.27. The minimum Gasteiger partial charge on any atom is -0.381 e. The van der Waals surface area contributed by atoms with Crippen molar-refractivity contribution in [3.05, 3.63) is 30.4 Å². The predicted octanol–water partition coefficient (Wildman–Crippen LogP) is 3.25. The molecule has 1 N–H and O–H groups in total. The van der Waals surface area contributed by atoms with Crippen LogP contribution in [0.4, 0.5) is 24.8 Å². The van der Waals surface area contributed by atoms with Gasteiger partial charge in [0, 0.05) is 50.9 Å². The molecule has 0 spiro atoms. The van der Waals surface area contributed by atoms with Gasteiger partial charge in [-0.15, -0.1) is 0 Å². The molecule has 0 aromatic carbocycles. The summed E-state index contributed by atoms with van der Waals surface area (Å²) in [6.45, 7) is 3.30. The van der Waals surface area contributed by atoms with Crippen LogP contribution >= 0.6 is 0 Å². The molecule has 0 radical (unpaired) electrons. The van der Waals surface area contributed by atoms with E-state index in [0.717, 1.165) is 52.0 Å². The highest BCUT2D eigenvalue weighted by atomic mass is 19.4. The molecule has 0 aliphatic carbocycles. The molecule has 0 saturated carbocycles. The number of ether oxygens (including phenoxy) is 1. The molecule has 10 heteroatoms. The molecular formula is C18H23F3N6O. The predicted molar refractivity (Wildman–Crippen MR) is 96.2 cm³/mol. The molecule has 0 unspecified atom stereocenters. The maximum atomic E-state index is 13.5. The van der Waals surface area contributed by atoms with Crippen LogP contribution in [0.1, 0.15) is 37.4 Å². The van der Waals surface area contributed by atoms with Gasteiger partial charge in [0.25, 0.3) is 0 Å². The zero-order valence-corrected chi connectivity index (χ0v) is 15.4. The molecule has 2 aliphatic rings. The van der Waals surface area contributed by atoms with Crippen molar-refractivity contribution < 1.29 is 17.9 Å². The van der Waals surface area contributed by atoms with E-state index in [1.54, 1.807) is 6.07 Å². The molecular weight excluding hydrogens is 373 g/mol. The molecule has 2 aliphatic heterocycles. The van der Waals surface area contributed by atoms with Crippen LogP contribution in [0.15, 0.2) is 24.7 Å². The normalized spacial score (nSPS) is 20.4. The van der Waals surface area contributed by atoms with Crippen molar-refractivity contribution in [2.45, 2.75) is 43.9 Å². The van der Waals surface area contributed by atoms with Crippen LogP contribution in [-0.2, 0) is 10.9 Å². The molecule has 0 bridgehead atoms. The highest BCUT2D eigenvalue weighted by molar-refractivity contribution is 5.56. The summed E-state index contributed by atoms with van der Waals surface area (Å²) >= 11 is 0. The molecule has 152 valence electrons. The van der Waals surface area contributed by atoms with Gasteiger partial charge in [0.1, 0.15) is 0 Å². The lowest BCUT2D eigenvalue weighted by atomic mass is 10.00. The number of likely N-dealkylation sites (tertiary alicyclic amines) is 1. The minimum absolute atomic E-state index is 0.0515. The second-order valence-electron chi connectivity index (χ2n) is 7.18. The fourth-order valence-electron chi connectivity index (χ4n) is 3.93. The second-order valence-corrected chi connectivity index (χ2v) is 7.18. The number of hydrogen-bond acceptors (Lipinski definition) is 6. The Morgan fingerprint density at radius 1 is 1.00 bits per heavy atom. The van der Waals surface area contributed by atoms with E-state index in [1.807, 2.05) is 0 Å². The van der Waals surface area contributed by atoms with Crippen LogP contribution in [0.25, 0.3) is 0 Å². The van der Waals surface area contributed by atoms with Crippen LogP contribution in [0.3, 0.4) is 0 Å². The first-order valence-corrected chi connectivity index (χ1v) is 9.53.